The summed E-state index contributed by atoms with van der Waals surface area (Å²) in [6.07, 6.45) is -0.727. The fourth-order valence-electron chi connectivity index (χ4n) is 0.588. The number of imide groups is 1. The minimum atomic E-state index is -0.727. The monoisotopic (exact) mass is 221 g/mol. The van der Waals surface area contributed by atoms with E-state index in [1.54, 1.807) is 13.8 Å². The SMILES string of the molecule is CCOC(=O)NC(=O)CSC(C)CO. The smallest absolute Gasteiger partial charge is 0.413 e. The molecular weight excluding hydrogens is 206 g/mol. The first-order chi connectivity index (χ1) is 6.60. The third kappa shape index (κ3) is 6.73. The van der Waals surface area contributed by atoms with Crippen LogP contribution < -0.4 is 5.32 Å². The first-order valence-electron chi connectivity index (χ1n) is 4.29. The van der Waals surface area contributed by atoms with Crippen LogP contribution in [0.2, 0.25) is 0 Å². The number of hydrogen-bond acceptors (Lipinski definition) is 5. The summed E-state index contributed by atoms with van der Waals surface area (Å²) < 4.78 is 4.52. The lowest BCUT2D eigenvalue weighted by Crippen LogP contribution is -2.32. The van der Waals surface area contributed by atoms with Gasteiger partial charge >= 0.3 is 6.09 Å². The summed E-state index contributed by atoms with van der Waals surface area (Å²) in [6, 6.07) is 0. The lowest BCUT2D eigenvalue weighted by Gasteiger charge is -2.07. The van der Waals surface area contributed by atoms with Crippen LogP contribution in [0.3, 0.4) is 0 Å². The highest BCUT2D eigenvalue weighted by atomic mass is 32.2. The molecule has 5 nitrogen and oxygen atoms in total. The molecule has 0 heterocycles. The van der Waals surface area contributed by atoms with Crippen LogP contribution in [0.4, 0.5) is 4.79 Å². The molecule has 82 valence electrons. The Morgan fingerprint density at radius 2 is 2.21 bits per heavy atom. The lowest BCUT2D eigenvalue weighted by molar-refractivity contribution is -0.117. The number of thioether (sulfide) groups is 1. The number of aliphatic hydroxyl groups is 1. The van der Waals surface area contributed by atoms with Crippen molar-refractivity contribution in [3.8, 4) is 0 Å². The van der Waals surface area contributed by atoms with E-state index in [0.717, 1.165) is 0 Å². The Balaban J connectivity index is 3.60. The Labute approximate surface area is 87.2 Å². The molecule has 0 aliphatic heterocycles. The molecular formula is C8H15NO4S. The van der Waals surface area contributed by atoms with Crippen molar-refractivity contribution in [2.45, 2.75) is 19.1 Å². The molecule has 0 rings (SSSR count). The van der Waals surface area contributed by atoms with Crippen LogP contribution in [0.5, 0.6) is 0 Å². The molecule has 0 bridgehead atoms. The molecule has 2 N–H and O–H groups in total. The van der Waals surface area contributed by atoms with Gasteiger partial charge in [0.2, 0.25) is 5.91 Å². The molecule has 0 aromatic rings. The number of aliphatic hydroxyl groups excluding tert-OH is 1. The third-order valence-electron chi connectivity index (χ3n) is 1.27. The summed E-state index contributed by atoms with van der Waals surface area (Å²) >= 11 is 1.27. The number of hydrogen-bond donors (Lipinski definition) is 2. The van der Waals surface area contributed by atoms with E-state index in [1.165, 1.54) is 11.8 Å². The van der Waals surface area contributed by atoms with Gasteiger partial charge in [0, 0.05) is 5.25 Å². The van der Waals surface area contributed by atoms with E-state index in [9.17, 15) is 9.59 Å². The van der Waals surface area contributed by atoms with Crippen LogP contribution in [0, 0.1) is 0 Å². The van der Waals surface area contributed by atoms with Crippen molar-refractivity contribution in [1.29, 1.82) is 0 Å². The second-order valence-corrected chi connectivity index (χ2v) is 4.00. The maximum atomic E-state index is 11.0. The topological polar surface area (TPSA) is 75.6 Å². The van der Waals surface area contributed by atoms with Crippen LogP contribution in [0.15, 0.2) is 0 Å². The molecule has 0 fully saturated rings. The molecule has 1 atom stereocenters. The van der Waals surface area contributed by atoms with Gasteiger partial charge in [0.15, 0.2) is 0 Å². The first kappa shape index (κ1) is 13.2. The fraction of sp³-hybridized carbons (Fsp3) is 0.750. The van der Waals surface area contributed by atoms with E-state index < -0.39 is 12.0 Å². The number of nitrogens with one attached hydrogen (secondary N) is 1. The molecule has 0 saturated carbocycles. The van der Waals surface area contributed by atoms with Gasteiger partial charge in [0.25, 0.3) is 0 Å². The van der Waals surface area contributed by atoms with E-state index in [1.807, 2.05) is 0 Å². The van der Waals surface area contributed by atoms with Crippen molar-refractivity contribution in [2.75, 3.05) is 19.0 Å². The summed E-state index contributed by atoms with van der Waals surface area (Å²) in [5, 5.41) is 10.7. The van der Waals surface area contributed by atoms with E-state index >= 15 is 0 Å². The van der Waals surface area contributed by atoms with Gasteiger partial charge in [-0.3, -0.25) is 10.1 Å². The molecule has 6 heteroatoms. The van der Waals surface area contributed by atoms with E-state index in [2.05, 4.69) is 10.1 Å². The Kier molecular flexibility index (Phi) is 7.23. The highest BCUT2D eigenvalue weighted by molar-refractivity contribution is 8.00. The zero-order valence-electron chi connectivity index (χ0n) is 8.28. The third-order valence-corrected chi connectivity index (χ3v) is 2.42. The van der Waals surface area contributed by atoms with Crippen LogP contribution in [-0.2, 0) is 9.53 Å². The standard InChI is InChI=1S/C8H15NO4S/c1-3-13-8(12)9-7(11)5-14-6(2)4-10/h6,10H,3-5H2,1-2H3,(H,9,11,12). The summed E-state index contributed by atoms with van der Waals surface area (Å²) in [4.78, 5) is 21.8. The number of alkyl carbamates (subject to hydrolysis) is 1. The van der Waals surface area contributed by atoms with E-state index in [-0.39, 0.29) is 24.2 Å². The van der Waals surface area contributed by atoms with Gasteiger partial charge in [0.05, 0.1) is 19.0 Å². The van der Waals surface area contributed by atoms with Crippen molar-refractivity contribution >= 4 is 23.8 Å². The summed E-state index contributed by atoms with van der Waals surface area (Å²) in [6.45, 7) is 3.70. The number of amides is 2. The summed E-state index contributed by atoms with van der Waals surface area (Å²) in [5.41, 5.74) is 0. The molecule has 0 aliphatic rings. The maximum Gasteiger partial charge on any atom is 0.413 e. The van der Waals surface area contributed by atoms with Crippen molar-refractivity contribution in [1.82, 2.24) is 5.32 Å². The molecule has 0 aliphatic carbocycles. The van der Waals surface area contributed by atoms with Crippen molar-refractivity contribution in [3.05, 3.63) is 0 Å². The predicted octanol–water partition coefficient (Wildman–Crippen LogP) is 0.373. The van der Waals surface area contributed by atoms with Crippen LogP contribution in [-0.4, -0.2) is 41.3 Å². The second kappa shape index (κ2) is 7.64. The second-order valence-electron chi connectivity index (χ2n) is 2.57. The van der Waals surface area contributed by atoms with Crippen LogP contribution in [0.25, 0.3) is 0 Å². The number of carbonyl (C=O) groups is 2. The van der Waals surface area contributed by atoms with Crippen LogP contribution in [0.1, 0.15) is 13.8 Å². The molecule has 1 unspecified atom stereocenters. The van der Waals surface area contributed by atoms with Gasteiger partial charge in [-0.05, 0) is 6.92 Å². The van der Waals surface area contributed by atoms with Crippen molar-refractivity contribution < 1.29 is 19.4 Å². The molecule has 0 spiro atoms. The quantitative estimate of drug-likeness (QED) is 0.701. The predicted molar refractivity (Wildman–Crippen MR) is 54.2 cm³/mol. The Hall–Kier alpha value is -0.750. The van der Waals surface area contributed by atoms with Gasteiger partial charge in [-0.2, -0.15) is 0 Å². The van der Waals surface area contributed by atoms with Crippen LogP contribution >= 0.6 is 11.8 Å². The molecule has 0 radical (unpaired) electrons. The highest BCUT2D eigenvalue weighted by Crippen LogP contribution is 2.08. The first-order valence-corrected chi connectivity index (χ1v) is 5.34. The summed E-state index contributed by atoms with van der Waals surface area (Å²) in [7, 11) is 0. The van der Waals surface area contributed by atoms with Gasteiger partial charge in [0.1, 0.15) is 0 Å². The van der Waals surface area contributed by atoms with E-state index in [4.69, 9.17) is 5.11 Å². The largest absolute Gasteiger partial charge is 0.450 e. The summed E-state index contributed by atoms with van der Waals surface area (Å²) in [5.74, 6) is -0.269. The van der Waals surface area contributed by atoms with Gasteiger partial charge in [-0.25, -0.2) is 4.79 Å². The molecule has 0 saturated heterocycles. The molecule has 0 aromatic heterocycles. The normalized spacial score (nSPS) is 11.9. The number of ether oxygens (including phenoxy) is 1. The Bertz CT molecular complexity index is 198. The van der Waals surface area contributed by atoms with Crippen molar-refractivity contribution in [3.63, 3.8) is 0 Å². The number of carbonyl (C=O) groups excluding carboxylic acids is 2. The van der Waals surface area contributed by atoms with Gasteiger partial charge in [-0.15, -0.1) is 11.8 Å². The number of rotatable bonds is 5. The average Bonchev–Trinajstić information content (AvgIpc) is 2.14. The van der Waals surface area contributed by atoms with Crippen molar-refractivity contribution in [2.24, 2.45) is 0 Å². The van der Waals surface area contributed by atoms with E-state index in [0.29, 0.717) is 0 Å². The minimum absolute atomic E-state index is 0.0112. The zero-order chi connectivity index (χ0) is 11.0. The zero-order valence-corrected chi connectivity index (χ0v) is 9.10. The minimum Gasteiger partial charge on any atom is -0.450 e. The van der Waals surface area contributed by atoms with Gasteiger partial charge in [-0.1, -0.05) is 6.92 Å². The molecule has 2 amide bonds. The fourth-order valence-corrected chi connectivity index (χ4v) is 1.20. The average molecular weight is 221 g/mol. The Morgan fingerprint density at radius 3 is 2.71 bits per heavy atom. The Morgan fingerprint density at radius 1 is 1.57 bits per heavy atom. The maximum absolute atomic E-state index is 11.0. The molecule has 14 heavy (non-hydrogen) atoms. The highest BCUT2D eigenvalue weighted by Gasteiger charge is 2.09. The molecule has 0 aromatic carbocycles. The van der Waals surface area contributed by atoms with Gasteiger partial charge < -0.3 is 9.84 Å². The lowest BCUT2D eigenvalue weighted by atomic mass is 10.5.